The zero-order valence-electron chi connectivity index (χ0n) is 11.7. The Morgan fingerprint density at radius 1 is 1.14 bits per heavy atom. The highest BCUT2D eigenvalue weighted by molar-refractivity contribution is 5.99. The molecule has 1 heterocycles. The molecule has 0 saturated carbocycles. The van der Waals surface area contributed by atoms with Gasteiger partial charge in [-0.15, -0.1) is 0 Å². The molecule has 4 nitrogen and oxygen atoms in total. The van der Waals surface area contributed by atoms with Crippen LogP contribution in [0.5, 0.6) is 0 Å². The Labute approximate surface area is 122 Å². The first kappa shape index (κ1) is 13.2. The van der Waals surface area contributed by atoms with Crippen LogP contribution in [0.15, 0.2) is 54.7 Å². The van der Waals surface area contributed by atoms with Crippen LogP contribution in [0.2, 0.25) is 0 Å². The second-order valence-electron chi connectivity index (χ2n) is 4.89. The third-order valence-corrected chi connectivity index (χ3v) is 3.56. The van der Waals surface area contributed by atoms with Crippen LogP contribution in [0.3, 0.4) is 0 Å². The van der Waals surface area contributed by atoms with Crippen LogP contribution in [0.4, 0.5) is 16.2 Å². The maximum Gasteiger partial charge on any atom is 0.416 e. The van der Waals surface area contributed by atoms with Crippen molar-refractivity contribution >= 4 is 28.4 Å². The monoisotopic (exact) mass is 280 g/mol. The molecule has 0 bridgehead atoms. The zero-order chi connectivity index (χ0) is 14.8. The third kappa shape index (κ3) is 2.48. The largest absolute Gasteiger partial charge is 0.464 e. The van der Waals surface area contributed by atoms with Crippen LogP contribution >= 0.6 is 0 Å². The molecular weight excluding hydrogens is 264 g/mol. The van der Waals surface area contributed by atoms with E-state index in [1.807, 2.05) is 30.3 Å². The lowest BCUT2D eigenvalue weighted by Crippen LogP contribution is -2.05. The van der Waals surface area contributed by atoms with Gasteiger partial charge in [0.2, 0.25) is 0 Å². The number of aryl methyl sites for hydroxylation is 1. The van der Waals surface area contributed by atoms with Gasteiger partial charge < -0.3 is 10.4 Å². The molecule has 3 rings (SSSR count). The number of aromatic nitrogens is 1. The lowest BCUT2D eigenvalue weighted by Gasteiger charge is -2.05. The lowest BCUT2D eigenvalue weighted by atomic mass is 10.1. The average molecular weight is 280 g/mol. The normalized spacial score (nSPS) is 10.7. The summed E-state index contributed by atoms with van der Waals surface area (Å²) in [6.07, 6.45) is 1.62. The number of carboxylic acid groups (broad SMARTS) is 1. The van der Waals surface area contributed by atoms with Crippen LogP contribution in [0.1, 0.15) is 12.5 Å². The fourth-order valence-corrected chi connectivity index (χ4v) is 2.42. The van der Waals surface area contributed by atoms with Crippen molar-refractivity contribution in [2.24, 2.45) is 0 Å². The Bertz CT molecular complexity index is 788. The van der Waals surface area contributed by atoms with E-state index in [1.54, 1.807) is 12.3 Å². The number of hydrogen-bond donors (Lipinski definition) is 2. The van der Waals surface area contributed by atoms with Gasteiger partial charge in [0.1, 0.15) is 0 Å². The minimum absolute atomic E-state index is 0.678. The summed E-state index contributed by atoms with van der Waals surface area (Å²) in [5, 5.41) is 13.4. The second-order valence-corrected chi connectivity index (χ2v) is 4.89. The van der Waals surface area contributed by atoms with Crippen LogP contribution < -0.4 is 5.32 Å². The Hall–Kier alpha value is -2.75. The van der Waals surface area contributed by atoms with Crippen molar-refractivity contribution in [2.45, 2.75) is 13.3 Å². The minimum Gasteiger partial charge on any atom is -0.464 e. The summed E-state index contributed by atoms with van der Waals surface area (Å²) in [5.41, 5.74) is 3.68. The molecule has 2 aromatic carbocycles. The maximum absolute atomic E-state index is 11.3. The van der Waals surface area contributed by atoms with E-state index in [0.717, 1.165) is 23.2 Å². The fraction of sp³-hybridized carbons (Fsp3) is 0.118. The smallest absolute Gasteiger partial charge is 0.416 e. The van der Waals surface area contributed by atoms with E-state index in [9.17, 15) is 9.90 Å². The van der Waals surface area contributed by atoms with Gasteiger partial charge in [-0.25, -0.2) is 4.79 Å². The first-order chi connectivity index (χ1) is 10.2. The average Bonchev–Trinajstić information content (AvgIpc) is 2.87. The first-order valence-corrected chi connectivity index (χ1v) is 6.88. The van der Waals surface area contributed by atoms with E-state index >= 15 is 0 Å². The standard InChI is InChI=1S/C17H16N2O2/c1-2-12-7-9-13(10-8-12)18-15-11-19(17(20)21)16-6-4-3-5-14(15)16/h3-11,18H,2H2,1H3,(H,20,21). The molecule has 0 aliphatic heterocycles. The van der Waals surface area contributed by atoms with Gasteiger partial charge in [0, 0.05) is 17.3 Å². The summed E-state index contributed by atoms with van der Waals surface area (Å²) >= 11 is 0. The van der Waals surface area contributed by atoms with Gasteiger partial charge in [0.15, 0.2) is 0 Å². The van der Waals surface area contributed by atoms with Gasteiger partial charge in [-0.1, -0.05) is 37.3 Å². The molecule has 0 radical (unpaired) electrons. The van der Waals surface area contributed by atoms with Gasteiger partial charge in [-0.3, -0.25) is 4.57 Å². The predicted octanol–water partition coefficient (Wildman–Crippen LogP) is 4.47. The molecule has 0 fully saturated rings. The molecule has 4 heteroatoms. The quantitative estimate of drug-likeness (QED) is 0.744. The minimum atomic E-state index is -0.986. The molecule has 21 heavy (non-hydrogen) atoms. The summed E-state index contributed by atoms with van der Waals surface area (Å²) < 4.78 is 1.23. The summed E-state index contributed by atoms with van der Waals surface area (Å²) in [5.74, 6) is 0. The summed E-state index contributed by atoms with van der Waals surface area (Å²) in [6, 6.07) is 15.6. The second kappa shape index (κ2) is 5.32. The van der Waals surface area contributed by atoms with E-state index in [2.05, 4.69) is 24.4 Å². The molecule has 0 aliphatic carbocycles. The number of rotatable bonds is 3. The number of hydrogen-bond acceptors (Lipinski definition) is 2. The highest BCUT2D eigenvalue weighted by atomic mass is 16.4. The van der Waals surface area contributed by atoms with Crippen molar-refractivity contribution in [3.8, 4) is 0 Å². The Kier molecular flexibility index (Phi) is 3.36. The van der Waals surface area contributed by atoms with E-state index in [1.165, 1.54) is 10.1 Å². The fourth-order valence-electron chi connectivity index (χ4n) is 2.42. The Morgan fingerprint density at radius 3 is 2.52 bits per heavy atom. The molecular formula is C17H16N2O2. The van der Waals surface area contributed by atoms with Gasteiger partial charge in [0.05, 0.1) is 11.2 Å². The van der Waals surface area contributed by atoms with Crippen molar-refractivity contribution in [1.29, 1.82) is 0 Å². The van der Waals surface area contributed by atoms with E-state index < -0.39 is 6.09 Å². The van der Waals surface area contributed by atoms with Crippen molar-refractivity contribution in [2.75, 3.05) is 5.32 Å². The van der Waals surface area contributed by atoms with Crippen molar-refractivity contribution in [1.82, 2.24) is 4.57 Å². The highest BCUT2D eigenvalue weighted by Gasteiger charge is 2.12. The number of para-hydroxylation sites is 1. The summed E-state index contributed by atoms with van der Waals surface area (Å²) in [6.45, 7) is 2.11. The van der Waals surface area contributed by atoms with Gasteiger partial charge in [-0.05, 0) is 30.2 Å². The summed E-state index contributed by atoms with van der Waals surface area (Å²) in [7, 11) is 0. The molecule has 0 aliphatic rings. The van der Waals surface area contributed by atoms with E-state index in [0.29, 0.717) is 5.52 Å². The van der Waals surface area contributed by atoms with Crippen molar-refractivity contribution in [3.63, 3.8) is 0 Å². The molecule has 2 N–H and O–H groups in total. The molecule has 0 atom stereocenters. The molecule has 106 valence electrons. The van der Waals surface area contributed by atoms with Crippen LogP contribution in [0.25, 0.3) is 10.9 Å². The molecule has 3 aromatic rings. The lowest BCUT2D eigenvalue weighted by molar-refractivity contribution is 0.197. The Balaban J connectivity index is 2.01. The van der Waals surface area contributed by atoms with Crippen molar-refractivity contribution < 1.29 is 9.90 Å². The van der Waals surface area contributed by atoms with Crippen LogP contribution in [-0.4, -0.2) is 15.8 Å². The molecule has 0 unspecified atom stereocenters. The Morgan fingerprint density at radius 2 is 1.86 bits per heavy atom. The number of benzene rings is 2. The van der Waals surface area contributed by atoms with Crippen molar-refractivity contribution in [3.05, 3.63) is 60.3 Å². The number of nitrogens with zero attached hydrogens (tertiary/aromatic N) is 1. The number of carbonyl (C=O) groups is 1. The zero-order valence-corrected chi connectivity index (χ0v) is 11.7. The van der Waals surface area contributed by atoms with Crippen LogP contribution in [0, 0.1) is 0 Å². The maximum atomic E-state index is 11.3. The van der Waals surface area contributed by atoms with Gasteiger partial charge in [0.25, 0.3) is 0 Å². The van der Waals surface area contributed by atoms with Crippen LogP contribution in [-0.2, 0) is 6.42 Å². The van der Waals surface area contributed by atoms with E-state index in [-0.39, 0.29) is 0 Å². The summed E-state index contributed by atoms with van der Waals surface area (Å²) in [4.78, 5) is 11.3. The van der Waals surface area contributed by atoms with Gasteiger partial charge in [-0.2, -0.15) is 0 Å². The third-order valence-electron chi connectivity index (χ3n) is 3.56. The predicted molar refractivity (Wildman–Crippen MR) is 84.5 cm³/mol. The molecule has 1 aromatic heterocycles. The molecule has 0 saturated heterocycles. The van der Waals surface area contributed by atoms with Gasteiger partial charge >= 0.3 is 6.09 Å². The number of fused-ring (bicyclic) bond motifs is 1. The SMILES string of the molecule is CCc1ccc(Nc2cn(C(=O)O)c3ccccc23)cc1. The molecule has 0 amide bonds. The topological polar surface area (TPSA) is 54.3 Å². The highest BCUT2D eigenvalue weighted by Crippen LogP contribution is 2.28. The number of anilines is 2. The molecule has 0 spiro atoms. The number of nitrogens with one attached hydrogen (secondary N) is 1. The first-order valence-electron chi connectivity index (χ1n) is 6.88. The van der Waals surface area contributed by atoms with E-state index in [4.69, 9.17) is 0 Å².